The number of nitrogens with zero attached hydrogens (tertiary/aromatic N) is 1. The van der Waals surface area contributed by atoms with Crippen LogP contribution in [-0.2, 0) is 9.31 Å². The van der Waals surface area contributed by atoms with Crippen LogP contribution in [0.5, 0.6) is 0 Å². The number of likely N-dealkylation sites (N-methyl/N-ethyl adjacent to an activating group) is 1. The van der Waals surface area contributed by atoms with Gasteiger partial charge in [-0.25, -0.2) is 4.98 Å². The molecule has 1 saturated heterocycles. The average Bonchev–Trinajstić information content (AvgIpc) is 2.67. The van der Waals surface area contributed by atoms with Gasteiger partial charge >= 0.3 is 7.12 Å². The molecule has 0 radical (unpaired) electrons. The fourth-order valence-corrected chi connectivity index (χ4v) is 2.40. The summed E-state index contributed by atoms with van der Waals surface area (Å²) in [5, 5.41) is 3.16. The molecule has 0 amide bonds. The van der Waals surface area contributed by atoms with E-state index in [1.54, 1.807) is 6.20 Å². The van der Waals surface area contributed by atoms with Crippen molar-refractivity contribution in [2.75, 3.05) is 25.1 Å². The molecule has 1 aromatic heterocycles. The predicted octanol–water partition coefficient (Wildman–Crippen LogP) is 1.79. The smallest absolute Gasteiger partial charge is 0.400 e. The number of anilines is 2. The molecule has 6 nitrogen and oxygen atoms in total. The van der Waals surface area contributed by atoms with E-state index in [1.165, 1.54) is 0 Å². The Labute approximate surface area is 138 Å². The van der Waals surface area contributed by atoms with E-state index in [1.807, 2.05) is 47.7 Å². The Kier molecular flexibility index (Phi) is 4.75. The summed E-state index contributed by atoms with van der Waals surface area (Å²) < 4.78 is 12.3. The highest BCUT2D eigenvalue weighted by molar-refractivity contribution is 6.56. The molecule has 1 aromatic rings. The molecule has 7 heteroatoms. The van der Waals surface area contributed by atoms with Gasteiger partial charge in [-0.1, -0.05) is 6.08 Å². The zero-order valence-electron chi connectivity index (χ0n) is 14.9. The van der Waals surface area contributed by atoms with Crippen molar-refractivity contribution in [3.05, 3.63) is 22.8 Å². The van der Waals surface area contributed by atoms with Gasteiger partial charge in [0.1, 0.15) is 5.82 Å². The molecule has 0 saturated carbocycles. The summed E-state index contributed by atoms with van der Waals surface area (Å²) in [7, 11) is 1.48. The Hall–Kier alpha value is -1.57. The minimum atomic E-state index is -0.411. The average molecular weight is 318 g/mol. The second-order valence-electron chi connectivity index (χ2n) is 6.98. The van der Waals surface area contributed by atoms with Gasteiger partial charge in [-0.15, -0.1) is 0 Å². The molecular weight excluding hydrogens is 291 g/mol. The van der Waals surface area contributed by atoms with Crippen molar-refractivity contribution in [2.45, 2.75) is 45.8 Å². The monoisotopic (exact) mass is 318 g/mol. The predicted molar refractivity (Wildman–Crippen MR) is 95.8 cm³/mol. The van der Waals surface area contributed by atoms with Gasteiger partial charge in [0.25, 0.3) is 0 Å². The van der Waals surface area contributed by atoms with Crippen molar-refractivity contribution >= 4 is 24.7 Å². The van der Waals surface area contributed by atoms with Crippen LogP contribution in [0.25, 0.3) is 6.08 Å². The molecule has 0 spiro atoms. The van der Waals surface area contributed by atoms with Crippen LogP contribution in [0.4, 0.5) is 11.5 Å². The van der Waals surface area contributed by atoms with Crippen LogP contribution in [-0.4, -0.2) is 36.9 Å². The third-order valence-electron chi connectivity index (χ3n) is 4.73. The summed E-state index contributed by atoms with van der Waals surface area (Å²) in [5.74, 6) is 0.352. The lowest BCUT2D eigenvalue weighted by Crippen LogP contribution is -2.41. The molecule has 1 aliphatic heterocycles. The molecule has 0 bridgehead atoms. The fourth-order valence-electron chi connectivity index (χ4n) is 2.40. The third-order valence-corrected chi connectivity index (χ3v) is 4.73. The number of aromatic nitrogens is 1. The number of pyridine rings is 1. The van der Waals surface area contributed by atoms with E-state index in [4.69, 9.17) is 20.8 Å². The normalized spacial score (nSPS) is 20.1. The largest absolute Gasteiger partial charge is 0.491 e. The molecular formula is C16H27BN4O2. The van der Waals surface area contributed by atoms with Crippen LogP contribution in [0.15, 0.2) is 11.7 Å². The Balaban J connectivity index is 2.38. The van der Waals surface area contributed by atoms with E-state index in [9.17, 15) is 0 Å². The maximum Gasteiger partial charge on any atom is 0.491 e. The lowest BCUT2D eigenvalue weighted by Gasteiger charge is -2.32. The summed E-state index contributed by atoms with van der Waals surface area (Å²) in [4.78, 5) is 4.14. The first kappa shape index (κ1) is 17.8. The van der Waals surface area contributed by atoms with Crippen LogP contribution >= 0.6 is 0 Å². The van der Waals surface area contributed by atoms with Crippen molar-refractivity contribution in [1.29, 1.82) is 0 Å². The highest BCUT2D eigenvalue weighted by Gasteiger charge is 2.52. The summed E-state index contributed by atoms with van der Waals surface area (Å²) >= 11 is 0. The van der Waals surface area contributed by atoms with Crippen LogP contribution in [0.1, 0.15) is 38.8 Å². The molecule has 0 atom stereocenters. The summed E-state index contributed by atoms with van der Waals surface area (Å²) in [6.07, 6.45) is 3.73. The van der Waals surface area contributed by atoms with Gasteiger partial charge in [0.15, 0.2) is 0 Å². The maximum absolute atomic E-state index is 6.14. The topological polar surface area (TPSA) is 95.4 Å². The van der Waals surface area contributed by atoms with Crippen LogP contribution in [0.3, 0.4) is 0 Å². The van der Waals surface area contributed by atoms with E-state index >= 15 is 0 Å². The quantitative estimate of drug-likeness (QED) is 0.733. The van der Waals surface area contributed by atoms with Crippen molar-refractivity contribution < 1.29 is 9.31 Å². The number of nitrogens with two attached hydrogens (primary N) is 2. The van der Waals surface area contributed by atoms with Crippen LogP contribution in [0, 0.1) is 6.92 Å². The molecule has 126 valence electrons. The molecule has 1 fully saturated rings. The highest BCUT2D eigenvalue weighted by Crippen LogP contribution is 2.39. The molecule has 0 aliphatic carbocycles. The van der Waals surface area contributed by atoms with E-state index in [-0.39, 0.29) is 11.2 Å². The summed E-state index contributed by atoms with van der Waals surface area (Å²) in [6.45, 7) is 10.7. The molecule has 0 aromatic carbocycles. The SMILES string of the molecule is CNCC(=Cc1cnc(N)c(N)c1C)B1OC(C)(C)C(C)(C)O1. The first-order chi connectivity index (χ1) is 10.6. The molecule has 1 aliphatic rings. The summed E-state index contributed by atoms with van der Waals surface area (Å²) in [5.41, 5.74) is 14.3. The first-order valence-corrected chi connectivity index (χ1v) is 7.80. The van der Waals surface area contributed by atoms with E-state index < -0.39 is 7.12 Å². The van der Waals surface area contributed by atoms with E-state index in [0.29, 0.717) is 18.1 Å². The maximum atomic E-state index is 6.14. The minimum Gasteiger partial charge on any atom is -0.400 e. The Morgan fingerprint density at radius 2 is 1.83 bits per heavy atom. The Bertz CT molecular complexity index is 613. The molecule has 5 N–H and O–H groups in total. The standard InChI is InChI=1S/C16H27BN4O2/c1-10-11(8-21-14(19)13(10)18)7-12(9-20-6)17-22-15(2,3)16(4,5)23-17/h7-8,20H,9,18H2,1-6H3,(H2,19,21). The first-order valence-electron chi connectivity index (χ1n) is 7.80. The lowest BCUT2D eigenvalue weighted by molar-refractivity contribution is 0.00578. The number of nitrogens with one attached hydrogen (secondary N) is 1. The number of rotatable bonds is 4. The number of hydrogen-bond acceptors (Lipinski definition) is 6. The van der Waals surface area contributed by atoms with Crippen molar-refractivity contribution in [3.63, 3.8) is 0 Å². The van der Waals surface area contributed by atoms with Crippen molar-refractivity contribution in [1.82, 2.24) is 10.3 Å². The van der Waals surface area contributed by atoms with E-state index in [2.05, 4.69) is 10.3 Å². The van der Waals surface area contributed by atoms with Crippen molar-refractivity contribution in [3.8, 4) is 0 Å². The Morgan fingerprint density at radius 1 is 1.26 bits per heavy atom. The highest BCUT2D eigenvalue weighted by atomic mass is 16.7. The van der Waals surface area contributed by atoms with Gasteiger partial charge in [0.2, 0.25) is 0 Å². The number of hydrogen-bond donors (Lipinski definition) is 3. The second kappa shape index (κ2) is 6.15. The fraction of sp³-hybridized carbons (Fsp3) is 0.562. The van der Waals surface area contributed by atoms with Crippen LogP contribution < -0.4 is 16.8 Å². The van der Waals surface area contributed by atoms with Crippen molar-refractivity contribution in [2.24, 2.45) is 0 Å². The van der Waals surface area contributed by atoms with Gasteiger partial charge in [0, 0.05) is 12.7 Å². The van der Waals surface area contributed by atoms with E-state index in [0.717, 1.165) is 16.6 Å². The molecule has 0 unspecified atom stereocenters. The zero-order chi connectivity index (χ0) is 17.4. The zero-order valence-corrected chi connectivity index (χ0v) is 14.9. The van der Waals surface area contributed by atoms with Gasteiger partial charge in [0.05, 0.1) is 16.9 Å². The molecule has 2 rings (SSSR count). The van der Waals surface area contributed by atoms with Gasteiger partial charge in [-0.3, -0.25) is 0 Å². The molecule has 23 heavy (non-hydrogen) atoms. The van der Waals surface area contributed by atoms with Gasteiger partial charge in [-0.05, 0) is 58.3 Å². The Morgan fingerprint density at radius 3 is 2.35 bits per heavy atom. The van der Waals surface area contributed by atoms with Crippen LogP contribution in [0.2, 0.25) is 0 Å². The summed E-state index contributed by atoms with van der Waals surface area (Å²) in [6, 6.07) is 0. The lowest BCUT2D eigenvalue weighted by atomic mass is 9.76. The third kappa shape index (κ3) is 3.36. The van der Waals surface area contributed by atoms with Gasteiger partial charge < -0.3 is 26.1 Å². The number of nitrogen functional groups attached to an aromatic ring is 2. The minimum absolute atomic E-state index is 0.352. The van der Waals surface area contributed by atoms with Gasteiger partial charge in [-0.2, -0.15) is 0 Å². The second-order valence-corrected chi connectivity index (χ2v) is 6.98. The molecule has 2 heterocycles.